The Hall–Kier alpha value is -3.10. The molecule has 2 amide bonds. The van der Waals surface area contributed by atoms with Gasteiger partial charge in [-0.1, -0.05) is 101 Å². The Kier molecular flexibility index (Phi) is 20.6. The first kappa shape index (κ1) is 38.9. The number of carbonyl (C=O) groups is 4. The average Bonchev–Trinajstić information content (AvgIpc) is 2.97. The number of carbonyl (C=O) groups excluding carboxylic acids is 4. The minimum atomic E-state index is -1.03. The quantitative estimate of drug-likeness (QED) is 0.0738. The highest BCUT2D eigenvalue weighted by atomic mass is 16.6. The summed E-state index contributed by atoms with van der Waals surface area (Å²) in [6, 6.07) is 8.34. The van der Waals surface area contributed by atoms with Crippen molar-refractivity contribution in [2.24, 2.45) is 0 Å². The molecule has 9 heteroatoms. The van der Waals surface area contributed by atoms with E-state index in [0.717, 1.165) is 24.8 Å². The topological polar surface area (TPSA) is 120 Å². The lowest BCUT2D eigenvalue weighted by atomic mass is 10.0. The minimum Gasteiger partial charge on any atom is -0.461 e. The predicted octanol–water partition coefficient (Wildman–Crippen LogP) is 7.54. The number of amides is 2. The van der Waals surface area contributed by atoms with Crippen LogP contribution in [0.4, 0.5) is 4.79 Å². The third kappa shape index (κ3) is 20.7. The lowest BCUT2D eigenvalue weighted by molar-refractivity contribution is -0.154. The molecule has 1 aromatic carbocycles. The summed E-state index contributed by atoms with van der Waals surface area (Å²) in [6.45, 7) is 7.59. The zero-order valence-electron chi connectivity index (χ0n) is 27.9. The van der Waals surface area contributed by atoms with Gasteiger partial charge in [0.1, 0.15) is 24.4 Å². The van der Waals surface area contributed by atoms with E-state index in [4.69, 9.17) is 14.2 Å². The minimum absolute atomic E-state index is 0.0466. The second-order valence-corrected chi connectivity index (χ2v) is 12.5. The largest absolute Gasteiger partial charge is 0.461 e. The zero-order valence-corrected chi connectivity index (χ0v) is 27.9. The summed E-state index contributed by atoms with van der Waals surface area (Å²) in [4.78, 5) is 50.3. The third-order valence-corrected chi connectivity index (χ3v) is 7.20. The van der Waals surface area contributed by atoms with Gasteiger partial charge in [-0.05, 0) is 52.0 Å². The number of unbranched alkanes of at least 4 members (excludes halogenated alkanes) is 10. The van der Waals surface area contributed by atoms with Gasteiger partial charge >= 0.3 is 18.0 Å². The summed E-state index contributed by atoms with van der Waals surface area (Å²) >= 11 is 0. The second-order valence-electron chi connectivity index (χ2n) is 12.5. The molecular weight excluding hydrogens is 560 g/mol. The highest BCUT2D eigenvalue weighted by Gasteiger charge is 2.28. The molecule has 2 atom stereocenters. The lowest BCUT2D eigenvalue weighted by Gasteiger charge is -2.25. The van der Waals surface area contributed by atoms with Crippen LogP contribution >= 0.6 is 0 Å². The fourth-order valence-electron chi connectivity index (χ4n) is 4.75. The summed E-state index contributed by atoms with van der Waals surface area (Å²) in [6.07, 6.45) is 13.0. The van der Waals surface area contributed by atoms with Crippen molar-refractivity contribution in [2.45, 2.75) is 155 Å². The first-order valence-corrected chi connectivity index (χ1v) is 16.6. The van der Waals surface area contributed by atoms with Crippen LogP contribution < -0.4 is 10.6 Å². The Bertz CT molecular complexity index is 946. The molecule has 0 aliphatic heterocycles. The lowest BCUT2D eigenvalue weighted by Crippen LogP contribution is -2.45. The Balaban J connectivity index is 2.63. The van der Waals surface area contributed by atoms with E-state index >= 15 is 0 Å². The van der Waals surface area contributed by atoms with Crippen molar-refractivity contribution < 1.29 is 33.4 Å². The number of rotatable bonds is 23. The fraction of sp³-hybridized carbons (Fsp3) is 0.714. The van der Waals surface area contributed by atoms with Gasteiger partial charge in [0.15, 0.2) is 0 Å². The maximum absolute atomic E-state index is 13.3. The summed E-state index contributed by atoms with van der Waals surface area (Å²) in [5.41, 5.74) is 0.130. The Morgan fingerprint density at radius 1 is 0.795 bits per heavy atom. The van der Waals surface area contributed by atoms with Crippen LogP contribution in [-0.4, -0.2) is 48.7 Å². The van der Waals surface area contributed by atoms with Gasteiger partial charge in [0.25, 0.3) is 0 Å². The first-order chi connectivity index (χ1) is 21.0. The molecule has 1 rings (SSSR count). The Morgan fingerprint density at radius 3 is 1.95 bits per heavy atom. The summed E-state index contributed by atoms with van der Waals surface area (Å²) in [5, 5.41) is 5.20. The van der Waals surface area contributed by atoms with Crippen LogP contribution in [-0.2, 0) is 35.2 Å². The smallest absolute Gasteiger partial charge is 0.408 e. The molecule has 0 aromatic heterocycles. The van der Waals surface area contributed by atoms with Crippen LogP contribution in [0.1, 0.15) is 136 Å². The number of alkyl carbamates (subject to hydrolysis) is 1. The van der Waals surface area contributed by atoms with Crippen molar-refractivity contribution in [3.63, 3.8) is 0 Å². The third-order valence-electron chi connectivity index (χ3n) is 7.20. The van der Waals surface area contributed by atoms with Gasteiger partial charge < -0.3 is 24.8 Å². The molecular formula is C35H58N2O7. The van der Waals surface area contributed by atoms with Crippen LogP contribution in [0.2, 0.25) is 0 Å². The molecule has 0 spiro atoms. The number of ether oxygens (including phenoxy) is 3. The number of hydrogen-bond acceptors (Lipinski definition) is 7. The predicted molar refractivity (Wildman–Crippen MR) is 173 cm³/mol. The van der Waals surface area contributed by atoms with Crippen LogP contribution in [0.15, 0.2) is 30.3 Å². The van der Waals surface area contributed by atoms with Crippen LogP contribution in [0.5, 0.6) is 0 Å². The van der Waals surface area contributed by atoms with E-state index < -0.39 is 35.8 Å². The molecule has 0 unspecified atom stereocenters. The fourth-order valence-corrected chi connectivity index (χ4v) is 4.75. The van der Waals surface area contributed by atoms with E-state index in [2.05, 4.69) is 17.6 Å². The van der Waals surface area contributed by atoms with E-state index in [1.54, 1.807) is 27.8 Å². The first-order valence-electron chi connectivity index (χ1n) is 16.6. The van der Waals surface area contributed by atoms with Crippen molar-refractivity contribution >= 4 is 23.9 Å². The van der Waals surface area contributed by atoms with Gasteiger partial charge in [0.05, 0.1) is 6.42 Å². The standard InChI is InChI=1S/C35H58N2O7/c1-6-7-8-9-10-11-12-13-14-15-19-23-29(26-31(38)36-5)43-33(40)30(37-34(41)44-35(2,3)4)24-20-25-32(39)42-27-28-21-17-16-18-22-28/h16-18,21-22,29-30H,6-15,19-20,23-27H2,1-5H3,(H,36,38)(H,37,41)/t29-,30-/m0/s1. The van der Waals surface area contributed by atoms with Gasteiger partial charge in [-0.2, -0.15) is 0 Å². The Morgan fingerprint density at radius 2 is 1.39 bits per heavy atom. The highest BCUT2D eigenvalue weighted by molar-refractivity contribution is 5.82. The maximum atomic E-state index is 13.3. The normalized spacial score (nSPS) is 12.6. The second kappa shape index (κ2) is 23.3. The molecule has 44 heavy (non-hydrogen) atoms. The zero-order chi connectivity index (χ0) is 32.6. The number of esters is 2. The molecule has 0 aliphatic rings. The van der Waals surface area contributed by atoms with E-state index in [9.17, 15) is 19.2 Å². The molecule has 2 N–H and O–H groups in total. The van der Waals surface area contributed by atoms with Gasteiger partial charge in [0, 0.05) is 13.5 Å². The van der Waals surface area contributed by atoms with Crippen LogP contribution in [0.3, 0.4) is 0 Å². The van der Waals surface area contributed by atoms with E-state index in [1.807, 2.05) is 30.3 Å². The van der Waals surface area contributed by atoms with E-state index in [0.29, 0.717) is 12.8 Å². The molecule has 250 valence electrons. The Labute approximate surface area is 265 Å². The van der Waals surface area contributed by atoms with E-state index in [1.165, 1.54) is 51.4 Å². The number of benzene rings is 1. The molecule has 0 heterocycles. The number of nitrogens with one attached hydrogen (secondary N) is 2. The van der Waals surface area contributed by atoms with Crippen LogP contribution in [0, 0.1) is 0 Å². The summed E-state index contributed by atoms with van der Waals surface area (Å²) in [7, 11) is 1.55. The summed E-state index contributed by atoms with van der Waals surface area (Å²) < 4.78 is 16.5. The molecule has 0 aliphatic carbocycles. The molecule has 0 saturated heterocycles. The van der Waals surface area contributed by atoms with Crippen molar-refractivity contribution in [1.29, 1.82) is 0 Å². The van der Waals surface area contributed by atoms with Gasteiger partial charge in [0.2, 0.25) is 5.91 Å². The number of hydrogen-bond donors (Lipinski definition) is 2. The monoisotopic (exact) mass is 618 g/mol. The molecule has 0 saturated carbocycles. The average molecular weight is 619 g/mol. The van der Waals surface area contributed by atoms with Crippen LogP contribution in [0.25, 0.3) is 0 Å². The molecule has 0 fully saturated rings. The van der Waals surface area contributed by atoms with Gasteiger partial charge in [-0.3, -0.25) is 9.59 Å². The molecule has 0 bridgehead atoms. The van der Waals surface area contributed by atoms with Crippen molar-refractivity contribution in [1.82, 2.24) is 10.6 Å². The van der Waals surface area contributed by atoms with Crippen molar-refractivity contribution in [3.8, 4) is 0 Å². The van der Waals surface area contributed by atoms with Gasteiger partial charge in [-0.25, -0.2) is 9.59 Å². The summed E-state index contributed by atoms with van der Waals surface area (Å²) in [5.74, 6) is -1.26. The van der Waals surface area contributed by atoms with Gasteiger partial charge in [-0.15, -0.1) is 0 Å². The molecule has 0 radical (unpaired) electrons. The molecule has 1 aromatic rings. The SMILES string of the molecule is CCCCCCCCCCCCC[C@@H](CC(=O)NC)OC(=O)[C@H](CCCC(=O)OCc1ccccc1)NC(=O)OC(C)(C)C. The van der Waals surface area contributed by atoms with Crippen molar-refractivity contribution in [2.75, 3.05) is 7.05 Å². The van der Waals surface area contributed by atoms with Crippen molar-refractivity contribution in [3.05, 3.63) is 35.9 Å². The maximum Gasteiger partial charge on any atom is 0.408 e. The molecule has 9 nitrogen and oxygen atoms in total. The van der Waals surface area contributed by atoms with E-state index in [-0.39, 0.29) is 31.8 Å². The highest BCUT2D eigenvalue weighted by Crippen LogP contribution is 2.17.